The van der Waals surface area contributed by atoms with Gasteiger partial charge in [-0.05, 0) is 49.9 Å². The number of unbranched alkanes of at least 4 members (excludes halogenated alkanes) is 12. The van der Waals surface area contributed by atoms with Crippen LogP contribution in [0, 0.1) is 24.2 Å². The summed E-state index contributed by atoms with van der Waals surface area (Å²) in [6, 6.07) is 0. The summed E-state index contributed by atoms with van der Waals surface area (Å²) < 4.78 is 0. The van der Waals surface area contributed by atoms with Crippen molar-refractivity contribution in [2.24, 2.45) is 17.1 Å². The summed E-state index contributed by atoms with van der Waals surface area (Å²) in [7, 11) is 0. The number of Topliss-reactive ketones (excluding diaryl/α,β-unsaturated/α-hetero) is 1. The molecular formula is C47H98N2O. The monoisotopic (exact) mass is 707 g/mol. The van der Waals surface area contributed by atoms with Gasteiger partial charge < -0.3 is 11.1 Å². The van der Waals surface area contributed by atoms with Crippen molar-refractivity contribution in [3.05, 3.63) is 51.4 Å². The minimum absolute atomic E-state index is 0.372. The van der Waals surface area contributed by atoms with Crippen LogP contribution in [0.5, 0.6) is 0 Å². The van der Waals surface area contributed by atoms with Crippen molar-refractivity contribution in [1.82, 2.24) is 5.32 Å². The molecule has 0 saturated heterocycles. The van der Waals surface area contributed by atoms with Gasteiger partial charge in [0.2, 0.25) is 0 Å². The average Bonchev–Trinajstić information content (AvgIpc) is 3.14. The molecule has 1 atom stereocenters. The molecule has 0 heterocycles. The highest BCUT2D eigenvalue weighted by Crippen LogP contribution is 2.22. The van der Waals surface area contributed by atoms with Crippen LogP contribution in [0.2, 0.25) is 0 Å². The first-order valence-electron chi connectivity index (χ1n) is 20.7. The van der Waals surface area contributed by atoms with E-state index in [2.05, 4.69) is 106 Å². The van der Waals surface area contributed by atoms with Crippen LogP contribution in [0.1, 0.15) is 217 Å². The van der Waals surface area contributed by atoms with Crippen LogP contribution in [-0.4, -0.2) is 12.3 Å². The Morgan fingerprint density at radius 1 is 0.620 bits per heavy atom. The van der Waals surface area contributed by atoms with Crippen molar-refractivity contribution in [2.75, 3.05) is 6.54 Å². The van der Waals surface area contributed by atoms with Crippen molar-refractivity contribution in [3.8, 4) is 12.8 Å². The highest BCUT2D eigenvalue weighted by molar-refractivity contribution is 5.78. The zero-order valence-electron chi connectivity index (χ0n) is 36.8. The van der Waals surface area contributed by atoms with Crippen LogP contribution >= 0.6 is 0 Å². The van der Waals surface area contributed by atoms with Crippen LogP contribution < -0.4 is 11.1 Å². The largest absolute Gasteiger partial charge is 0.401 e. The van der Waals surface area contributed by atoms with Crippen molar-refractivity contribution in [1.29, 1.82) is 0 Å². The van der Waals surface area contributed by atoms with Crippen LogP contribution in [-0.2, 0) is 4.79 Å². The van der Waals surface area contributed by atoms with E-state index < -0.39 is 0 Å². The maximum atomic E-state index is 12.5. The molecule has 1 unspecified atom stereocenters. The van der Waals surface area contributed by atoms with E-state index in [1.54, 1.807) is 0 Å². The molecule has 3 heteroatoms. The summed E-state index contributed by atoms with van der Waals surface area (Å²) >= 11 is 0. The first-order valence-corrected chi connectivity index (χ1v) is 20.7. The van der Waals surface area contributed by atoms with Crippen LogP contribution in [0.25, 0.3) is 0 Å². The predicted octanol–water partition coefficient (Wildman–Crippen LogP) is 16.0. The highest BCUT2D eigenvalue weighted by atomic mass is 16.1. The number of ketones is 1. The Morgan fingerprint density at radius 2 is 1.00 bits per heavy atom. The molecule has 0 amide bonds. The van der Waals surface area contributed by atoms with Crippen molar-refractivity contribution < 1.29 is 4.79 Å². The number of hydrogen-bond acceptors (Lipinski definition) is 3. The molecule has 50 heavy (non-hydrogen) atoms. The van der Waals surface area contributed by atoms with E-state index in [0.29, 0.717) is 17.1 Å². The molecule has 302 valence electrons. The summed E-state index contributed by atoms with van der Waals surface area (Å²) in [6.07, 6.45) is 36.7. The van der Waals surface area contributed by atoms with Gasteiger partial charge in [-0.2, -0.15) is 0 Å². The van der Waals surface area contributed by atoms with Gasteiger partial charge in [0.25, 0.3) is 0 Å². The molecule has 0 aliphatic carbocycles. The molecule has 0 fully saturated rings. The predicted molar refractivity (Wildman–Crippen MR) is 239 cm³/mol. The number of nitrogens with two attached hydrogens (primary N) is 1. The fourth-order valence-corrected chi connectivity index (χ4v) is 4.76. The molecule has 0 radical (unpaired) electrons. The zero-order valence-corrected chi connectivity index (χ0v) is 36.8. The second-order valence-electron chi connectivity index (χ2n) is 13.0. The van der Waals surface area contributed by atoms with Crippen LogP contribution in [0.3, 0.4) is 0 Å². The normalized spacial score (nSPS) is 10.1. The molecule has 0 aliphatic rings. The lowest BCUT2D eigenvalue weighted by Gasteiger charge is -2.18. The van der Waals surface area contributed by atoms with E-state index >= 15 is 0 Å². The van der Waals surface area contributed by atoms with Crippen molar-refractivity contribution in [2.45, 2.75) is 217 Å². The smallest absolute Gasteiger partial charge is 0.132 e. The van der Waals surface area contributed by atoms with E-state index in [9.17, 15) is 4.79 Å². The van der Waals surface area contributed by atoms with E-state index in [-0.39, 0.29) is 0 Å². The Morgan fingerprint density at radius 3 is 1.40 bits per heavy atom. The van der Waals surface area contributed by atoms with Crippen molar-refractivity contribution in [3.63, 3.8) is 0 Å². The minimum Gasteiger partial charge on any atom is -0.401 e. The fraction of sp³-hybridized carbons (Fsp3) is 0.766. The summed E-state index contributed by atoms with van der Waals surface area (Å²) in [5.74, 6) is 1.04. The standard InChI is InChI=1S/C32H64N2O.C3H8.2C2H6.3C2H4.C2H2/c1-6-8-10-12-14-16-18-21-29(27-34-28-30(33)22-20-26-32(3,4)5)24-25-31(35)23-19-17-15-13-11-9-7-2;1-3-2;6*1-2/h28-29,34H,6-27,33H2,1-5H3;3H2,1-2H3;2*1-2H3;3*1-2H2;1-2H/b30-28-;;;;;;;. The van der Waals surface area contributed by atoms with E-state index in [1.165, 1.54) is 103 Å². The highest BCUT2D eigenvalue weighted by Gasteiger charge is 2.12. The van der Waals surface area contributed by atoms with E-state index in [4.69, 9.17) is 5.73 Å². The number of nitrogens with one attached hydrogen (secondary N) is 1. The number of allylic oxidation sites excluding steroid dienone is 1. The zero-order chi connectivity index (χ0) is 40.9. The Bertz CT molecular complexity index is 597. The van der Waals surface area contributed by atoms with Gasteiger partial charge in [-0.1, -0.05) is 166 Å². The third kappa shape index (κ3) is 80.5. The Kier molecular flexibility index (Phi) is 90.8. The minimum atomic E-state index is 0.372. The number of carbonyl (C=O) groups is 1. The number of carbonyl (C=O) groups excluding carboxylic acids is 1. The lowest BCUT2D eigenvalue weighted by molar-refractivity contribution is -0.119. The lowest BCUT2D eigenvalue weighted by atomic mass is 9.89. The number of rotatable bonds is 25. The fourth-order valence-electron chi connectivity index (χ4n) is 4.76. The second kappa shape index (κ2) is 68.7. The maximum Gasteiger partial charge on any atom is 0.132 e. The Balaban J connectivity index is -0.000000170. The first-order chi connectivity index (χ1) is 24.2. The molecule has 0 saturated carbocycles. The average molecular weight is 707 g/mol. The second-order valence-corrected chi connectivity index (χ2v) is 13.0. The van der Waals surface area contributed by atoms with Crippen molar-refractivity contribution >= 4 is 5.78 Å². The molecule has 3 N–H and O–H groups in total. The third-order valence-corrected chi connectivity index (χ3v) is 7.19. The molecule has 0 rings (SSSR count). The molecule has 0 aliphatic heterocycles. The summed E-state index contributed by atoms with van der Waals surface area (Å²) in [5.41, 5.74) is 7.57. The van der Waals surface area contributed by atoms with Crippen LogP contribution in [0.4, 0.5) is 0 Å². The topological polar surface area (TPSA) is 55.1 Å². The Hall–Kier alpha value is -2.21. The van der Waals surface area contributed by atoms with Gasteiger partial charge in [0.1, 0.15) is 5.78 Å². The number of hydrogen-bond donors (Lipinski definition) is 2. The molecule has 0 aromatic rings. The molecule has 0 aromatic heterocycles. The third-order valence-electron chi connectivity index (χ3n) is 7.19. The first kappa shape index (κ1) is 66.1. The van der Waals surface area contributed by atoms with Gasteiger partial charge in [-0.3, -0.25) is 4.79 Å². The molecule has 0 spiro atoms. The summed E-state index contributed by atoms with van der Waals surface area (Å²) in [6.45, 7) is 42.6. The van der Waals surface area contributed by atoms with Gasteiger partial charge in [-0.15, -0.1) is 52.3 Å². The Labute approximate surface area is 320 Å². The van der Waals surface area contributed by atoms with E-state index in [0.717, 1.165) is 50.8 Å². The quantitative estimate of drug-likeness (QED) is 0.0564. The molecule has 0 bridgehead atoms. The van der Waals surface area contributed by atoms with Gasteiger partial charge >= 0.3 is 0 Å². The maximum absolute atomic E-state index is 12.5. The summed E-state index contributed by atoms with van der Waals surface area (Å²) in [4.78, 5) is 12.5. The van der Waals surface area contributed by atoms with Gasteiger partial charge in [0, 0.05) is 31.3 Å². The van der Waals surface area contributed by atoms with Gasteiger partial charge in [-0.25, -0.2) is 0 Å². The summed E-state index contributed by atoms with van der Waals surface area (Å²) in [5, 5.41) is 3.50. The molecule has 3 nitrogen and oxygen atoms in total. The van der Waals surface area contributed by atoms with Gasteiger partial charge in [0.15, 0.2) is 0 Å². The molecule has 0 aromatic carbocycles. The SMILES string of the molecule is C#C.C=C.C=C.C=C.CC.CC.CCC.CCCCCCCCCC(=O)CCC(CCCCCCCCC)CN/C=C(\N)CCCC(C)(C)C. The van der Waals surface area contributed by atoms with Gasteiger partial charge in [0.05, 0.1) is 0 Å². The van der Waals surface area contributed by atoms with E-state index in [1.807, 2.05) is 33.9 Å². The molecular weight excluding hydrogens is 609 g/mol. The number of terminal acetylenes is 1. The van der Waals surface area contributed by atoms with Crippen LogP contribution in [0.15, 0.2) is 51.4 Å². The lowest BCUT2D eigenvalue weighted by Crippen LogP contribution is -2.21.